The van der Waals surface area contributed by atoms with E-state index in [2.05, 4.69) is 86.7 Å². The Morgan fingerprint density at radius 1 is 0.172 bits per heavy atom. The van der Waals surface area contributed by atoms with Gasteiger partial charge in [-0.3, -0.25) is 12.1 Å². The second-order valence-electron chi connectivity index (χ2n) is 31.1. The smallest absolute Gasteiger partial charge is 0.332 e. The van der Waals surface area contributed by atoms with Gasteiger partial charge in [-0.15, -0.1) is 95.1 Å². The van der Waals surface area contributed by atoms with Gasteiger partial charge in [0.05, 0.1) is 27.4 Å². The molecule has 22 aromatic rings. The molecular weight excluding hydrogens is 1980 g/mol. The molecule has 0 N–H and O–H groups in total. The molecule has 0 radical (unpaired) electrons. The van der Waals surface area contributed by atoms with Crippen molar-refractivity contribution in [3.8, 4) is 234 Å². The monoisotopic (exact) mass is 2080 g/mol. The zero-order valence-corrected chi connectivity index (χ0v) is 75.6. The molecule has 0 aliphatic heterocycles. The second-order valence-corrected chi connectivity index (χ2v) is 31.1. The van der Waals surface area contributed by atoms with Crippen molar-refractivity contribution in [2.45, 2.75) is 0 Å². The third kappa shape index (κ3) is 17.7. The summed E-state index contributed by atoms with van der Waals surface area (Å²) in [6.07, 6.45) is 10.1. The number of hydrogen-bond donors (Lipinski definition) is 0. The van der Waals surface area contributed by atoms with Gasteiger partial charge >= 0.3 is 40.2 Å². The summed E-state index contributed by atoms with van der Waals surface area (Å²) in [6, 6.07) is 110. The first kappa shape index (κ1) is 65.3. The Balaban J connectivity index is 0.00000713. The molecule has 134 heavy (non-hydrogen) atoms. The van der Waals surface area contributed by atoms with E-state index < -0.39 is 121 Å². The molecule has 0 amide bonds. The van der Waals surface area contributed by atoms with Gasteiger partial charge in [-0.1, -0.05) is 387 Å². The Hall–Kier alpha value is -16.3. The van der Waals surface area contributed by atoms with E-state index in [1.54, 1.807) is 110 Å². The van der Waals surface area contributed by atoms with Gasteiger partial charge in [0.15, 0.2) is 0 Å². The Morgan fingerprint density at radius 2 is 0.388 bits per heavy atom. The molecular formula is C126H78Ir2N6. The van der Waals surface area contributed by atoms with Crippen LogP contribution >= 0.6 is 0 Å². The van der Waals surface area contributed by atoms with E-state index in [-0.39, 0.29) is 62.5 Å². The Labute approximate surface area is 836 Å². The fourth-order valence-corrected chi connectivity index (χ4v) is 17.2. The minimum Gasteiger partial charge on any atom is -0.332 e. The summed E-state index contributed by atoms with van der Waals surface area (Å²) in [5.74, 6) is 0.303. The van der Waals surface area contributed by atoms with E-state index >= 15 is 0 Å². The summed E-state index contributed by atoms with van der Waals surface area (Å²) >= 11 is 0. The summed E-state index contributed by atoms with van der Waals surface area (Å²) in [5.41, 5.74) is 21.5. The maximum atomic E-state index is 9.46. The molecule has 0 saturated heterocycles. The normalized spacial score (nSPS) is 13.1. The zero-order valence-electron chi connectivity index (χ0n) is 90.8. The fourth-order valence-electron chi connectivity index (χ4n) is 17.2. The first-order valence-electron chi connectivity index (χ1n) is 52.6. The van der Waals surface area contributed by atoms with Crippen molar-refractivity contribution in [2.24, 2.45) is 0 Å². The maximum absolute atomic E-state index is 9.46. The SMILES string of the molecule is [2H]c1c([2H])c([2H])c(-c2cc(-c3ccccn3)[c-]cc2-c2ccccc2-c2cc(-c3ccccc3-c3c[c-]c(-c4ncc(-c5ccccc5-c5cc(-c6ccccc6-c6c[c-]c(-c7ccccn7)cc6-c6c([2H])c([2H])c([2H])c([2H])c6[2H])cc(-c6ccccc6-c6c[c-]c(-c7ccccn7)cc6-c6c([2H])c([2H])c([2H])c([2H])c6[2H])c5)cn4)[c-]c3)cc(-c3ccccc3-c3c[c-]c(-c4ccccn4)cc3-c3c([2H])c([2H])c([2H])c([2H])c3[2H])c2)c([2H])c1[2H].[Ir+3].[Ir+3]. The molecule has 0 bridgehead atoms. The molecule has 0 aliphatic rings. The van der Waals surface area contributed by atoms with Crippen LogP contribution < -0.4 is 0 Å². The van der Waals surface area contributed by atoms with Crippen LogP contribution in [-0.2, 0) is 40.2 Å². The molecule has 5 aromatic heterocycles. The van der Waals surface area contributed by atoms with Gasteiger partial charge in [0.1, 0.15) is 0 Å². The molecule has 22 rings (SSSR count). The van der Waals surface area contributed by atoms with E-state index in [0.29, 0.717) is 184 Å². The van der Waals surface area contributed by atoms with Crippen molar-refractivity contribution in [1.82, 2.24) is 29.9 Å². The number of aromatic nitrogens is 6. The molecule has 5 heterocycles. The van der Waals surface area contributed by atoms with Gasteiger partial charge in [-0.25, -0.2) is 17.7 Å². The third-order valence-corrected chi connectivity index (χ3v) is 23.3. The van der Waals surface area contributed by atoms with Gasteiger partial charge < -0.3 is 29.9 Å². The minimum absolute atomic E-state index is 0. The first-order valence-corrected chi connectivity index (χ1v) is 42.6. The van der Waals surface area contributed by atoms with E-state index in [1.165, 1.54) is 0 Å². The van der Waals surface area contributed by atoms with Gasteiger partial charge in [0, 0.05) is 42.7 Å². The maximum Gasteiger partial charge on any atom is 3.00 e. The summed E-state index contributed by atoms with van der Waals surface area (Å²) < 4.78 is 182. The van der Waals surface area contributed by atoms with Crippen LogP contribution in [-0.4, -0.2) is 29.9 Å². The van der Waals surface area contributed by atoms with Crippen LogP contribution in [0.2, 0.25) is 0 Å². The number of benzene rings is 17. The van der Waals surface area contributed by atoms with Crippen LogP contribution in [0.3, 0.4) is 0 Å². The van der Waals surface area contributed by atoms with Gasteiger partial charge in [-0.05, 0) is 184 Å². The third-order valence-electron chi connectivity index (χ3n) is 23.3. The van der Waals surface area contributed by atoms with Crippen molar-refractivity contribution >= 4 is 0 Å². The summed E-state index contributed by atoms with van der Waals surface area (Å²) in [5, 5.41) is 0. The molecule has 0 aliphatic carbocycles. The predicted molar refractivity (Wildman–Crippen MR) is 540 cm³/mol. The molecule has 17 aromatic carbocycles. The van der Waals surface area contributed by atoms with Crippen molar-refractivity contribution < 1.29 is 67.6 Å². The number of hydrogen-bond acceptors (Lipinski definition) is 6. The number of rotatable bonds is 21. The van der Waals surface area contributed by atoms with Crippen LogP contribution in [0.15, 0.2) is 473 Å². The van der Waals surface area contributed by atoms with Crippen LogP contribution in [0.25, 0.3) is 234 Å². The van der Waals surface area contributed by atoms with Crippen molar-refractivity contribution in [1.29, 1.82) is 0 Å². The molecule has 0 fully saturated rings. The summed E-state index contributed by atoms with van der Waals surface area (Å²) in [7, 11) is 0. The number of pyridine rings is 4. The molecule has 0 atom stereocenters. The predicted octanol–water partition coefficient (Wildman–Crippen LogP) is 31.9. The average molecular weight is 2080 g/mol. The van der Waals surface area contributed by atoms with Crippen molar-refractivity contribution in [2.75, 3.05) is 0 Å². The Bertz CT molecular complexity index is 8220. The second kappa shape index (κ2) is 39.2. The van der Waals surface area contributed by atoms with E-state index in [0.717, 1.165) is 27.8 Å². The van der Waals surface area contributed by atoms with Gasteiger partial charge in [0.25, 0.3) is 0 Å². The summed E-state index contributed by atoms with van der Waals surface area (Å²) in [4.78, 5) is 28.7. The van der Waals surface area contributed by atoms with Crippen LogP contribution in [0.4, 0.5) is 0 Å². The standard InChI is InChI=1S/C126H78N6.2Ir/c1-5-33-85(34-6-1)118-79-91(122-53-25-29-69-127-122)61-65-114(118)110-49-21-17-44-105(110)97-73-95(74-98(77-97)106-45-18-22-50-111(106)115-66-62-92(123-54-26-30-70-128-123)80-119(115)86-35-7-2-8-36-86)103-42-14-13-41-102(103)89-57-59-90(60-58-89)126-131-83-101(84-132-126)109-48-16-15-43-104(109)96-75-99(107-46-19-23-51-112(107)116-67-63-93(124-55-27-31-71-129-124)81-120(116)87-37-9-3-10-38-87)78-100(76-96)108-47-20-24-52-113(108)117-68-64-94(125-56-28-32-72-130-125)82-121(117)88-39-11-4-12-40-88;;/h1-58,65-84H;;/q-6;2*+3/i1D,2D,3D,4D,5D,6D,7D,8D,9D,10D,11D,12D,33D,34D,35D,36D,37D,38D,39D,40D;;. The van der Waals surface area contributed by atoms with Crippen molar-refractivity contribution in [3.05, 3.63) is 510 Å². The van der Waals surface area contributed by atoms with Crippen LogP contribution in [0.5, 0.6) is 0 Å². The van der Waals surface area contributed by atoms with Gasteiger partial charge in [0.2, 0.25) is 0 Å². The molecule has 6 nitrogen and oxygen atoms in total. The van der Waals surface area contributed by atoms with Gasteiger partial charge in [-0.2, -0.15) is 5.56 Å². The zero-order chi connectivity index (χ0) is 105. The van der Waals surface area contributed by atoms with Crippen LogP contribution in [0.1, 0.15) is 27.4 Å². The fraction of sp³-hybridized carbons (Fsp3) is 0. The molecule has 0 spiro atoms. The van der Waals surface area contributed by atoms with Crippen LogP contribution in [0, 0.1) is 36.4 Å². The molecule has 8 heteroatoms. The largest absolute Gasteiger partial charge is 3.00 e. The molecule has 630 valence electrons. The Morgan fingerprint density at radius 3 is 0.627 bits per heavy atom. The first-order chi connectivity index (χ1) is 73.7. The summed E-state index contributed by atoms with van der Waals surface area (Å²) in [6.45, 7) is 0. The number of nitrogens with zero attached hydrogens (tertiary/aromatic N) is 6. The van der Waals surface area contributed by atoms with E-state index in [9.17, 15) is 11.0 Å². The van der Waals surface area contributed by atoms with E-state index in [1.807, 2.05) is 212 Å². The van der Waals surface area contributed by atoms with Crippen molar-refractivity contribution in [3.63, 3.8) is 0 Å². The topological polar surface area (TPSA) is 77.3 Å². The van der Waals surface area contributed by atoms with E-state index in [4.69, 9.17) is 26.4 Å². The molecule has 0 unspecified atom stereocenters. The minimum atomic E-state index is -0.547. The Kier molecular flexibility index (Phi) is 19.1. The quantitative estimate of drug-likeness (QED) is 0.0667. The average Bonchev–Trinajstić information content (AvgIpc) is 0.755. The molecule has 0 saturated carbocycles.